The van der Waals surface area contributed by atoms with E-state index in [2.05, 4.69) is 6.07 Å². The van der Waals surface area contributed by atoms with Crippen LogP contribution in [0, 0.1) is 10.1 Å². The molecule has 1 fully saturated rings. The lowest BCUT2D eigenvalue weighted by atomic mass is 10.1. The maximum Gasteiger partial charge on any atom is 0.292 e. The number of nitro groups is 1. The number of ether oxygens (including phenoxy) is 1. The molecule has 1 amide bonds. The highest BCUT2D eigenvalue weighted by molar-refractivity contribution is 5.78. The first-order chi connectivity index (χ1) is 13.6. The van der Waals surface area contributed by atoms with E-state index in [1.54, 1.807) is 23.1 Å². The van der Waals surface area contributed by atoms with E-state index < -0.39 is 0 Å². The lowest BCUT2D eigenvalue weighted by molar-refractivity contribution is -0.384. The molecule has 4 rings (SSSR count). The fourth-order valence-electron chi connectivity index (χ4n) is 3.96. The van der Waals surface area contributed by atoms with Crippen molar-refractivity contribution in [3.8, 4) is 5.75 Å². The Morgan fingerprint density at radius 1 is 1.04 bits per heavy atom. The molecule has 0 unspecified atom stereocenters. The van der Waals surface area contributed by atoms with Crippen LogP contribution in [0.25, 0.3) is 0 Å². The fraction of sp³-hybridized carbons (Fsp3) is 0.381. The van der Waals surface area contributed by atoms with Crippen LogP contribution in [0.15, 0.2) is 42.5 Å². The summed E-state index contributed by atoms with van der Waals surface area (Å²) in [5.41, 5.74) is 3.41. The molecule has 0 aromatic heterocycles. The first-order valence-electron chi connectivity index (χ1n) is 9.62. The smallest absolute Gasteiger partial charge is 0.292 e. The van der Waals surface area contributed by atoms with Crippen molar-refractivity contribution in [1.82, 2.24) is 4.90 Å². The molecule has 2 aromatic carbocycles. The maximum absolute atomic E-state index is 12.5. The summed E-state index contributed by atoms with van der Waals surface area (Å²) in [6.07, 6.45) is 3.38. The van der Waals surface area contributed by atoms with E-state index in [-0.39, 0.29) is 23.1 Å². The van der Waals surface area contributed by atoms with Gasteiger partial charge in [0.15, 0.2) is 6.61 Å². The number of rotatable bonds is 5. The number of piperazine rings is 1. The SMILES string of the molecule is O=C(COc1ccc2c(c1)CCC2)N1CCN(c2ccccc2[N+](=O)[O-])CC1. The molecule has 1 heterocycles. The Kier molecular flexibility index (Phi) is 5.14. The summed E-state index contributed by atoms with van der Waals surface area (Å²) >= 11 is 0. The van der Waals surface area contributed by atoms with Crippen molar-refractivity contribution in [1.29, 1.82) is 0 Å². The van der Waals surface area contributed by atoms with Crippen LogP contribution in [0.2, 0.25) is 0 Å². The summed E-state index contributed by atoms with van der Waals surface area (Å²) in [7, 11) is 0. The molecule has 1 aliphatic carbocycles. The summed E-state index contributed by atoms with van der Waals surface area (Å²) in [5, 5.41) is 11.2. The van der Waals surface area contributed by atoms with Gasteiger partial charge in [-0.1, -0.05) is 18.2 Å². The minimum atomic E-state index is -0.364. The van der Waals surface area contributed by atoms with Gasteiger partial charge in [0, 0.05) is 32.2 Å². The third kappa shape index (κ3) is 3.78. The van der Waals surface area contributed by atoms with Crippen molar-refractivity contribution in [3.05, 3.63) is 63.7 Å². The van der Waals surface area contributed by atoms with Gasteiger partial charge in [-0.3, -0.25) is 14.9 Å². The molecule has 0 spiro atoms. The van der Waals surface area contributed by atoms with Crippen molar-refractivity contribution < 1.29 is 14.5 Å². The number of hydrogen-bond donors (Lipinski definition) is 0. The van der Waals surface area contributed by atoms with Gasteiger partial charge >= 0.3 is 0 Å². The molecule has 7 nitrogen and oxygen atoms in total. The third-order valence-corrected chi connectivity index (χ3v) is 5.48. The zero-order chi connectivity index (χ0) is 19.5. The highest BCUT2D eigenvalue weighted by Crippen LogP contribution is 2.28. The Balaban J connectivity index is 1.31. The predicted molar refractivity (Wildman–Crippen MR) is 106 cm³/mol. The molecule has 0 radical (unpaired) electrons. The van der Waals surface area contributed by atoms with Gasteiger partial charge in [-0.25, -0.2) is 0 Å². The molecule has 7 heteroatoms. The molecule has 1 saturated heterocycles. The quantitative estimate of drug-likeness (QED) is 0.588. The van der Waals surface area contributed by atoms with Gasteiger partial charge in [0.25, 0.3) is 11.6 Å². The number of para-hydroxylation sites is 2. The van der Waals surface area contributed by atoms with E-state index in [1.807, 2.05) is 17.0 Å². The van der Waals surface area contributed by atoms with Crippen molar-refractivity contribution in [3.63, 3.8) is 0 Å². The monoisotopic (exact) mass is 381 g/mol. The van der Waals surface area contributed by atoms with Crippen LogP contribution in [-0.4, -0.2) is 48.5 Å². The molecule has 0 N–H and O–H groups in total. The molecular formula is C21H23N3O4. The second-order valence-corrected chi connectivity index (χ2v) is 7.19. The fourth-order valence-corrected chi connectivity index (χ4v) is 3.96. The summed E-state index contributed by atoms with van der Waals surface area (Å²) in [6.45, 7) is 2.20. The second kappa shape index (κ2) is 7.88. The van der Waals surface area contributed by atoms with E-state index in [0.717, 1.165) is 18.6 Å². The zero-order valence-electron chi connectivity index (χ0n) is 15.7. The second-order valence-electron chi connectivity index (χ2n) is 7.19. The number of carbonyl (C=O) groups excluding carboxylic acids is 1. The lowest BCUT2D eigenvalue weighted by Gasteiger charge is -2.35. The predicted octanol–water partition coefficient (Wildman–Crippen LogP) is 2.81. The number of hydrogen-bond acceptors (Lipinski definition) is 5. The Bertz CT molecular complexity index is 891. The van der Waals surface area contributed by atoms with E-state index in [4.69, 9.17) is 4.74 Å². The van der Waals surface area contributed by atoms with Crippen molar-refractivity contribution in [2.24, 2.45) is 0 Å². The van der Waals surface area contributed by atoms with Crippen LogP contribution in [0.4, 0.5) is 11.4 Å². The van der Waals surface area contributed by atoms with E-state index in [9.17, 15) is 14.9 Å². The molecule has 28 heavy (non-hydrogen) atoms. The highest BCUT2D eigenvalue weighted by Gasteiger charge is 2.25. The molecule has 0 saturated carbocycles. The topological polar surface area (TPSA) is 75.9 Å². The number of amides is 1. The lowest BCUT2D eigenvalue weighted by Crippen LogP contribution is -2.50. The Morgan fingerprint density at radius 2 is 1.79 bits per heavy atom. The number of anilines is 1. The summed E-state index contributed by atoms with van der Waals surface area (Å²) in [5.74, 6) is 0.690. The average molecular weight is 381 g/mol. The van der Waals surface area contributed by atoms with Crippen LogP contribution in [0.1, 0.15) is 17.5 Å². The van der Waals surface area contributed by atoms with Crippen LogP contribution < -0.4 is 9.64 Å². The number of aryl methyl sites for hydroxylation is 2. The molecule has 146 valence electrons. The molecule has 0 atom stereocenters. The number of benzene rings is 2. The molecule has 0 bridgehead atoms. The minimum Gasteiger partial charge on any atom is -0.484 e. The molecule has 2 aliphatic rings. The van der Waals surface area contributed by atoms with E-state index in [0.29, 0.717) is 31.9 Å². The summed E-state index contributed by atoms with van der Waals surface area (Å²) in [4.78, 5) is 27.1. The molecular weight excluding hydrogens is 358 g/mol. The van der Waals surface area contributed by atoms with Crippen molar-refractivity contribution >= 4 is 17.3 Å². The first kappa shape index (κ1) is 18.3. The number of nitro benzene ring substituents is 1. The van der Waals surface area contributed by atoms with Gasteiger partial charge in [0.2, 0.25) is 0 Å². The normalized spacial score (nSPS) is 16.0. The number of carbonyl (C=O) groups is 1. The van der Waals surface area contributed by atoms with E-state index in [1.165, 1.54) is 23.6 Å². The highest BCUT2D eigenvalue weighted by atomic mass is 16.6. The van der Waals surface area contributed by atoms with Gasteiger partial charge in [-0.05, 0) is 48.6 Å². The van der Waals surface area contributed by atoms with Gasteiger partial charge in [-0.2, -0.15) is 0 Å². The van der Waals surface area contributed by atoms with Crippen LogP contribution in [-0.2, 0) is 17.6 Å². The summed E-state index contributed by atoms with van der Waals surface area (Å²) in [6, 6.07) is 12.8. The van der Waals surface area contributed by atoms with Gasteiger partial charge < -0.3 is 14.5 Å². The third-order valence-electron chi connectivity index (χ3n) is 5.48. The van der Waals surface area contributed by atoms with Gasteiger partial charge in [0.05, 0.1) is 4.92 Å². The zero-order valence-corrected chi connectivity index (χ0v) is 15.7. The van der Waals surface area contributed by atoms with Crippen molar-refractivity contribution in [2.75, 3.05) is 37.7 Å². The average Bonchev–Trinajstić information content (AvgIpc) is 3.20. The van der Waals surface area contributed by atoms with Crippen LogP contribution >= 0.6 is 0 Å². The van der Waals surface area contributed by atoms with Crippen molar-refractivity contribution in [2.45, 2.75) is 19.3 Å². The first-order valence-corrected chi connectivity index (χ1v) is 9.62. The molecule has 1 aliphatic heterocycles. The van der Waals surface area contributed by atoms with Crippen LogP contribution in [0.5, 0.6) is 5.75 Å². The number of fused-ring (bicyclic) bond motifs is 1. The largest absolute Gasteiger partial charge is 0.484 e. The minimum absolute atomic E-state index is 0.0181. The van der Waals surface area contributed by atoms with Crippen LogP contribution in [0.3, 0.4) is 0 Å². The summed E-state index contributed by atoms with van der Waals surface area (Å²) < 4.78 is 5.71. The van der Waals surface area contributed by atoms with Gasteiger partial charge in [0.1, 0.15) is 11.4 Å². The Hall–Kier alpha value is -3.09. The Labute approximate surface area is 163 Å². The number of nitrogens with zero attached hydrogens (tertiary/aromatic N) is 3. The molecule has 2 aromatic rings. The standard InChI is InChI=1S/C21H23N3O4/c25-21(15-28-18-9-8-16-4-3-5-17(16)14-18)23-12-10-22(11-13-23)19-6-1-2-7-20(19)24(26)27/h1-2,6-9,14H,3-5,10-13,15H2. The maximum atomic E-state index is 12.5. The van der Waals surface area contributed by atoms with E-state index >= 15 is 0 Å². The Morgan fingerprint density at radius 3 is 2.57 bits per heavy atom. The van der Waals surface area contributed by atoms with Gasteiger partial charge in [-0.15, -0.1) is 0 Å².